The predicted octanol–water partition coefficient (Wildman–Crippen LogP) is 2.47. The molecule has 0 amide bonds. The van der Waals surface area contributed by atoms with Gasteiger partial charge in [-0.05, 0) is 30.9 Å². The number of carbonyl (C=O) groups excluding carboxylic acids is 1. The van der Waals surface area contributed by atoms with Crippen LogP contribution in [0.2, 0.25) is 0 Å². The third kappa shape index (κ3) is 2.16. The van der Waals surface area contributed by atoms with Crippen LogP contribution in [0.25, 0.3) is 10.8 Å². The number of nitrogens with two attached hydrogens (primary N) is 1. The first-order valence-electron chi connectivity index (χ1n) is 5.11. The number of hydrogen-bond donors (Lipinski definition) is 1. The summed E-state index contributed by atoms with van der Waals surface area (Å²) in [4.78, 5) is 16.5. The molecule has 0 saturated heterocycles. The molecule has 0 atom stereocenters. The largest absolute Gasteiger partial charge is 0.461 e. The molecule has 0 radical (unpaired) electrons. The molecule has 0 saturated carbocycles. The van der Waals surface area contributed by atoms with Crippen molar-refractivity contribution in [3.63, 3.8) is 0 Å². The number of nitrogen functional groups attached to an aromatic ring is 1. The van der Waals surface area contributed by atoms with Crippen molar-refractivity contribution in [2.24, 2.45) is 0 Å². The number of carbonyl (C=O) groups is 1. The molecular weight excluding hydrogens is 240 g/mol. The molecule has 0 aliphatic carbocycles. The number of thiophene rings is 1. The minimum atomic E-state index is -0.561. The van der Waals surface area contributed by atoms with Crippen molar-refractivity contribution in [2.75, 3.05) is 12.3 Å². The molecule has 0 bridgehead atoms. The van der Waals surface area contributed by atoms with Crippen LogP contribution < -0.4 is 5.73 Å². The monoisotopic (exact) mass is 252 g/mol. The van der Waals surface area contributed by atoms with Crippen LogP contribution in [-0.2, 0) is 4.74 Å². The van der Waals surface area contributed by atoms with Gasteiger partial charge in [0.1, 0.15) is 0 Å². The van der Waals surface area contributed by atoms with Crippen LogP contribution in [0, 0.1) is 6.92 Å². The number of aryl methyl sites for hydroxylation is 1. The van der Waals surface area contributed by atoms with E-state index < -0.39 is 5.97 Å². The SMILES string of the molecule is CCOC(=O)c1nc(-c2sccc2C)oc1N. The Kier molecular flexibility index (Phi) is 3.14. The second-order valence-electron chi connectivity index (χ2n) is 3.39. The topological polar surface area (TPSA) is 78.3 Å². The van der Waals surface area contributed by atoms with E-state index in [2.05, 4.69) is 4.98 Å². The second-order valence-corrected chi connectivity index (χ2v) is 4.30. The van der Waals surface area contributed by atoms with Crippen molar-refractivity contribution in [3.8, 4) is 10.8 Å². The predicted molar refractivity (Wildman–Crippen MR) is 64.9 cm³/mol. The average Bonchev–Trinajstić information content (AvgIpc) is 2.84. The fourth-order valence-corrected chi connectivity index (χ4v) is 2.22. The maximum absolute atomic E-state index is 11.5. The van der Waals surface area contributed by atoms with Crippen molar-refractivity contribution in [1.29, 1.82) is 0 Å². The van der Waals surface area contributed by atoms with Gasteiger partial charge in [-0.2, -0.15) is 4.98 Å². The third-order valence-electron chi connectivity index (χ3n) is 2.18. The lowest BCUT2D eigenvalue weighted by atomic mass is 10.3. The van der Waals surface area contributed by atoms with Crippen LogP contribution in [-0.4, -0.2) is 17.6 Å². The zero-order valence-electron chi connectivity index (χ0n) is 9.52. The summed E-state index contributed by atoms with van der Waals surface area (Å²) < 4.78 is 10.1. The molecule has 0 aliphatic rings. The van der Waals surface area contributed by atoms with Crippen LogP contribution in [0.5, 0.6) is 0 Å². The Balaban J connectivity index is 2.37. The lowest BCUT2D eigenvalue weighted by Gasteiger charge is -1.96. The van der Waals surface area contributed by atoms with E-state index in [-0.39, 0.29) is 18.2 Å². The Hall–Kier alpha value is -1.82. The van der Waals surface area contributed by atoms with Crippen molar-refractivity contribution in [1.82, 2.24) is 4.98 Å². The molecule has 2 heterocycles. The van der Waals surface area contributed by atoms with Crippen molar-refractivity contribution in [3.05, 3.63) is 22.7 Å². The first kappa shape index (κ1) is 11.7. The van der Waals surface area contributed by atoms with Gasteiger partial charge in [-0.3, -0.25) is 0 Å². The number of anilines is 1. The Bertz CT molecular complexity index is 545. The molecule has 2 aromatic heterocycles. The summed E-state index contributed by atoms with van der Waals surface area (Å²) in [5.41, 5.74) is 6.67. The fraction of sp³-hybridized carbons (Fsp3) is 0.273. The first-order valence-corrected chi connectivity index (χ1v) is 5.99. The number of ether oxygens (including phenoxy) is 1. The highest BCUT2D eigenvalue weighted by molar-refractivity contribution is 7.13. The molecule has 2 aromatic rings. The zero-order chi connectivity index (χ0) is 12.4. The van der Waals surface area contributed by atoms with Gasteiger partial charge in [0.15, 0.2) is 0 Å². The molecule has 6 heteroatoms. The van der Waals surface area contributed by atoms with Crippen LogP contribution in [0.15, 0.2) is 15.9 Å². The minimum Gasteiger partial charge on any atom is -0.461 e. The molecule has 0 spiro atoms. The Morgan fingerprint density at radius 1 is 1.65 bits per heavy atom. The van der Waals surface area contributed by atoms with E-state index in [1.54, 1.807) is 6.92 Å². The fourth-order valence-electron chi connectivity index (χ4n) is 1.37. The number of nitrogens with zero attached hydrogens (tertiary/aromatic N) is 1. The highest BCUT2D eigenvalue weighted by Crippen LogP contribution is 2.30. The zero-order valence-corrected chi connectivity index (χ0v) is 10.3. The van der Waals surface area contributed by atoms with Gasteiger partial charge < -0.3 is 14.9 Å². The summed E-state index contributed by atoms with van der Waals surface area (Å²) in [5, 5.41) is 1.93. The molecule has 90 valence electrons. The molecule has 0 aliphatic heterocycles. The normalized spacial score (nSPS) is 10.5. The van der Waals surface area contributed by atoms with Crippen LogP contribution in [0.4, 0.5) is 5.88 Å². The molecule has 0 aromatic carbocycles. The summed E-state index contributed by atoms with van der Waals surface area (Å²) in [5.74, 6) is -0.210. The highest BCUT2D eigenvalue weighted by atomic mass is 32.1. The summed E-state index contributed by atoms with van der Waals surface area (Å²) in [6.07, 6.45) is 0. The smallest absolute Gasteiger partial charge is 0.362 e. The van der Waals surface area contributed by atoms with Crippen molar-refractivity contribution >= 4 is 23.2 Å². The highest BCUT2D eigenvalue weighted by Gasteiger charge is 2.21. The number of hydrogen-bond acceptors (Lipinski definition) is 6. The lowest BCUT2D eigenvalue weighted by molar-refractivity contribution is 0.0521. The molecule has 2 rings (SSSR count). The maximum Gasteiger partial charge on any atom is 0.362 e. The van der Waals surface area contributed by atoms with Gasteiger partial charge in [0, 0.05) is 0 Å². The summed E-state index contributed by atoms with van der Waals surface area (Å²) in [7, 11) is 0. The van der Waals surface area contributed by atoms with E-state index in [0.29, 0.717) is 5.89 Å². The van der Waals surface area contributed by atoms with Crippen LogP contribution in [0.3, 0.4) is 0 Å². The number of esters is 1. The minimum absolute atomic E-state index is 0.00810. The number of rotatable bonds is 3. The standard InChI is InChI=1S/C11H12N2O3S/c1-3-15-11(14)7-9(12)16-10(13-7)8-6(2)4-5-17-8/h4-5H,3,12H2,1-2H3. The molecule has 0 unspecified atom stereocenters. The Morgan fingerprint density at radius 2 is 2.41 bits per heavy atom. The summed E-state index contributed by atoms with van der Waals surface area (Å²) in [6.45, 7) is 3.94. The van der Waals surface area contributed by atoms with E-state index in [0.717, 1.165) is 10.4 Å². The number of aromatic nitrogens is 1. The summed E-state index contributed by atoms with van der Waals surface area (Å²) >= 11 is 1.49. The molecular formula is C11H12N2O3S. The third-order valence-corrected chi connectivity index (χ3v) is 3.18. The molecule has 17 heavy (non-hydrogen) atoms. The molecule has 2 N–H and O–H groups in total. The second kappa shape index (κ2) is 4.58. The van der Waals surface area contributed by atoms with E-state index in [1.807, 2.05) is 18.4 Å². The maximum atomic E-state index is 11.5. The Morgan fingerprint density at radius 3 is 3.00 bits per heavy atom. The van der Waals surface area contributed by atoms with Gasteiger partial charge in [-0.1, -0.05) is 0 Å². The van der Waals surface area contributed by atoms with Crippen LogP contribution >= 0.6 is 11.3 Å². The van der Waals surface area contributed by atoms with E-state index >= 15 is 0 Å². The van der Waals surface area contributed by atoms with Crippen LogP contribution in [0.1, 0.15) is 23.0 Å². The first-order chi connectivity index (χ1) is 8.13. The van der Waals surface area contributed by atoms with E-state index in [1.165, 1.54) is 11.3 Å². The van der Waals surface area contributed by atoms with Gasteiger partial charge in [0.2, 0.25) is 17.5 Å². The van der Waals surface area contributed by atoms with Gasteiger partial charge in [0.05, 0.1) is 11.5 Å². The van der Waals surface area contributed by atoms with Gasteiger partial charge in [-0.25, -0.2) is 4.79 Å². The average molecular weight is 252 g/mol. The van der Waals surface area contributed by atoms with E-state index in [9.17, 15) is 4.79 Å². The van der Waals surface area contributed by atoms with E-state index in [4.69, 9.17) is 14.9 Å². The van der Waals surface area contributed by atoms with Gasteiger partial charge >= 0.3 is 5.97 Å². The molecule has 5 nitrogen and oxygen atoms in total. The summed E-state index contributed by atoms with van der Waals surface area (Å²) in [6, 6.07) is 1.95. The lowest BCUT2D eigenvalue weighted by Crippen LogP contribution is -2.07. The van der Waals surface area contributed by atoms with Crippen molar-refractivity contribution in [2.45, 2.75) is 13.8 Å². The van der Waals surface area contributed by atoms with Crippen molar-refractivity contribution < 1.29 is 13.9 Å². The van der Waals surface area contributed by atoms with Gasteiger partial charge in [0.25, 0.3) is 0 Å². The molecule has 0 fully saturated rings. The number of oxazole rings is 1. The quantitative estimate of drug-likeness (QED) is 0.849. The van der Waals surface area contributed by atoms with Gasteiger partial charge in [-0.15, -0.1) is 11.3 Å². The Labute approximate surface area is 102 Å².